The van der Waals surface area contributed by atoms with Gasteiger partial charge in [0.05, 0.1) is 0 Å². The van der Waals surface area contributed by atoms with E-state index in [0.717, 1.165) is 36.8 Å². The van der Waals surface area contributed by atoms with E-state index in [-0.39, 0.29) is 0 Å². The van der Waals surface area contributed by atoms with E-state index in [9.17, 15) is 10.5 Å². The van der Waals surface area contributed by atoms with Crippen LogP contribution >= 0.6 is 0 Å². The van der Waals surface area contributed by atoms with E-state index >= 15 is 0 Å². The number of benzene rings is 1. The van der Waals surface area contributed by atoms with Crippen molar-refractivity contribution >= 4 is 0 Å². The van der Waals surface area contributed by atoms with E-state index in [2.05, 4.69) is 4.89 Å². The zero-order valence-electron chi connectivity index (χ0n) is 13.1. The number of hydrogen-bond acceptors (Lipinski definition) is 4. The van der Waals surface area contributed by atoms with Crippen LogP contribution in [0, 0.1) is 0 Å². The summed E-state index contributed by atoms with van der Waals surface area (Å²) in [6.07, 6.45) is 11.7. The molecule has 1 aromatic rings. The van der Waals surface area contributed by atoms with Crippen LogP contribution in [-0.2, 0) is 0 Å². The maximum atomic E-state index is 9.54. The molecule has 0 unspecified atom stereocenters. The number of hydrogen-bond donors (Lipinski definition) is 2. The Morgan fingerprint density at radius 3 is 1.86 bits per heavy atom. The molecule has 4 heteroatoms. The summed E-state index contributed by atoms with van der Waals surface area (Å²) in [5, 5.41) is 18.8. The maximum absolute atomic E-state index is 9.54. The first-order valence-corrected chi connectivity index (χ1v) is 8.64. The van der Waals surface area contributed by atoms with Crippen LogP contribution in [0.4, 0.5) is 0 Å². The van der Waals surface area contributed by atoms with E-state index in [0.29, 0.717) is 23.3 Å². The Hall–Kier alpha value is -1.26. The van der Waals surface area contributed by atoms with Gasteiger partial charge in [0.2, 0.25) is 0 Å². The lowest BCUT2D eigenvalue weighted by atomic mass is 9.79. The molecule has 2 saturated carbocycles. The van der Waals surface area contributed by atoms with Crippen molar-refractivity contribution in [2.45, 2.75) is 76.0 Å². The fourth-order valence-corrected chi connectivity index (χ4v) is 4.29. The highest BCUT2D eigenvalue weighted by Gasteiger charge is 2.29. The molecule has 22 heavy (non-hydrogen) atoms. The first-order valence-electron chi connectivity index (χ1n) is 8.64. The average molecular weight is 306 g/mol. The van der Waals surface area contributed by atoms with Gasteiger partial charge in [-0.2, -0.15) is 0 Å². The summed E-state index contributed by atoms with van der Waals surface area (Å²) < 4.78 is 0. The number of rotatable bonds is 4. The van der Waals surface area contributed by atoms with Crippen LogP contribution in [0.5, 0.6) is 11.5 Å². The van der Waals surface area contributed by atoms with E-state index in [1.54, 1.807) is 0 Å². The zero-order valence-corrected chi connectivity index (χ0v) is 13.1. The molecule has 2 fully saturated rings. The second-order valence-electron chi connectivity index (χ2n) is 6.75. The fraction of sp³-hybridized carbons (Fsp3) is 0.667. The average Bonchev–Trinajstić information content (AvgIpc) is 2.61. The van der Waals surface area contributed by atoms with Crippen LogP contribution in [0.15, 0.2) is 12.1 Å². The lowest BCUT2D eigenvalue weighted by Crippen LogP contribution is -2.12. The molecular weight excluding hydrogens is 280 g/mol. The van der Waals surface area contributed by atoms with Crippen molar-refractivity contribution in [1.29, 1.82) is 0 Å². The molecule has 0 aromatic heterocycles. The summed E-state index contributed by atoms with van der Waals surface area (Å²) in [5.74, 6) is 1.69. The van der Waals surface area contributed by atoms with Crippen LogP contribution < -0.4 is 9.78 Å². The minimum absolute atomic E-state index is 0.293. The highest BCUT2D eigenvalue weighted by Crippen LogP contribution is 2.47. The standard InChI is InChI=1S/C18H26O4/c19-21-16-12-11-15(13-7-3-1-4-8-13)18(22-20)17(16)14-9-5-2-6-10-14/h11-14,19-20H,1-10H2. The van der Waals surface area contributed by atoms with Crippen molar-refractivity contribution in [2.75, 3.05) is 0 Å². The summed E-state index contributed by atoms with van der Waals surface area (Å²) in [7, 11) is 0. The molecule has 122 valence electrons. The van der Waals surface area contributed by atoms with Gasteiger partial charge in [-0.25, -0.2) is 10.5 Å². The van der Waals surface area contributed by atoms with Gasteiger partial charge in [0.25, 0.3) is 0 Å². The van der Waals surface area contributed by atoms with Gasteiger partial charge >= 0.3 is 0 Å². The van der Waals surface area contributed by atoms with Crippen molar-refractivity contribution in [2.24, 2.45) is 0 Å². The van der Waals surface area contributed by atoms with Crippen LogP contribution in [0.1, 0.15) is 87.2 Å². The van der Waals surface area contributed by atoms with Crippen LogP contribution in [0.2, 0.25) is 0 Å². The smallest absolute Gasteiger partial charge is 0.175 e. The summed E-state index contributed by atoms with van der Waals surface area (Å²) in [4.78, 5) is 9.43. The second kappa shape index (κ2) is 7.34. The van der Waals surface area contributed by atoms with Gasteiger partial charge < -0.3 is 9.78 Å². The Morgan fingerprint density at radius 2 is 1.32 bits per heavy atom. The summed E-state index contributed by atoms with van der Waals surface area (Å²) in [6.45, 7) is 0. The van der Waals surface area contributed by atoms with E-state index < -0.39 is 0 Å². The second-order valence-corrected chi connectivity index (χ2v) is 6.75. The normalized spacial score (nSPS) is 20.8. The van der Waals surface area contributed by atoms with Gasteiger partial charge in [0.15, 0.2) is 11.5 Å². The van der Waals surface area contributed by atoms with Crippen LogP contribution in [0.3, 0.4) is 0 Å². The predicted molar refractivity (Wildman–Crippen MR) is 84.6 cm³/mol. The Kier molecular flexibility index (Phi) is 5.21. The molecular formula is C18H26O4. The molecule has 3 rings (SSSR count). The molecule has 0 spiro atoms. The lowest BCUT2D eigenvalue weighted by Gasteiger charge is -2.28. The molecule has 0 bridgehead atoms. The van der Waals surface area contributed by atoms with Crippen molar-refractivity contribution in [3.63, 3.8) is 0 Å². The molecule has 0 heterocycles. The molecule has 0 radical (unpaired) electrons. The van der Waals surface area contributed by atoms with Crippen molar-refractivity contribution in [3.05, 3.63) is 23.3 Å². The zero-order chi connectivity index (χ0) is 15.4. The van der Waals surface area contributed by atoms with Gasteiger partial charge in [-0.3, -0.25) is 0 Å². The van der Waals surface area contributed by atoms with Crippen LogP contribution in [-0.4, -0.2) is 10.5 Å². The molecule has 0 aliphatic heterocycles. The monoisotopic (exact) mass is 306 g/mol. The third-order valence-corrected chi connectivity index (χ3v) is 5.43. The first-order chi connectivity index (χ1) is 10.8. The Labute approximate surface area is 131 Å². The predicted octanol–water partition coefficient (Wildman–Crippen LogP) is 5.49. The van der Waals surface area contributed by atoms with Gasteiger partial charge in [-0.15, -0.1) is 0 Å². The van der Waals surface area contributed by atoms with Gasteiger partial charge in [-0.1, -0.05) is 44.6 Å². The highest BCUT2D eigenvalue weighted by molar-refractivity contribution is 5.53. The molecule has 2 N–H and O–H groups in total. The quantitative estimate of drug-likeness (QED) is 0.570. The molecule has 0 amide bonds. The SMILES string of the molecule is OOc1ccc(C2CCCCC2)c(OO)c1C1CCCCC1. The molecule has 2 aliphatic rings. The van der Waals surface area contributed by atoms with E-state index in [1.165, 1.54) is 38.5 Å². The third kappa shape index (κ3) is 3.08. The molecule has 0 atom stereocenters. The van der Waals surface area contributed by atoms with E-state index in [4.69, 9.17) is 4.89 Å². The Morgan fingerprint density at radius 1 is 0.727 bits per heavy atom. The largest absolute Gasteiger partial charge is 0.340 e. The lowest BCUT2D eigenvalue weighted by molar-refractivity contribution is -0.147. The Bertz CT molecular complexity index is 488. The Balaban J connectivity index is 2.00. The topological polar surface area (TPSA) is 58.9 Å². The minimum Gasteiger partial charge on any atom is -0.340 e. The summed E-state index contributed by atoms with van der Waals surface area (Å²) in [5.41, 5.74) is 1.93. The van der Waals surface area contributed by atoms with Crippen molar-refractivity contribution < 1.29 is 20.3 Å². The molecule has 1 aromatic carbocycles. The van der Waals surface area contributed by atoms with Gasteiger partial charge in [0.1, 0.15) is 0 Å². The highest BCUT2D eigenvalue weighted by atomic mass is 17.1. The van der Waals surface area contributed by atoms with Gasteiger partial charge in [0, 0.05) is 11.1 Å². The maximum Gasteiger partial charge on any atom is 0.175 e. The van der Waals surface area contributed by atoms with Crippen molar-refractivity contribution in [3.8, 4) is 11.5 Å². The fourth-order valence-electron chi connectivity index (χ4n) is 4.29. The van der Waals surface area contributed by atoms with Crippen LogP contribution in [0.25, 0.3) is 0 Å². The van der Waals surface area contributed by atoms with Crippen molar-refractivity contribution in [1.82, 2.24) is 0 Å². The summed E-state index contributed by atoms with van der Waals surface area (Å²) in [6, 6.07) is 3.77. The molecule has 2 aliphatic carbocycles. The van der Waals surface area contributed by atoms with E-state index in [1.807, 2.05) is 12.1 Å². The third-order valence-electron chi connectivity index (χ3n) is 5.43. The minimum atomic E-state index is 0.293. The molecule has 4 nitrogen and oxygen atoms in total. The summed E-state index contributed by atoms with van der Waals surface area (Å²) >= 11 is 0. The molecule has 0 saturated heterocycles. The first kappa shape index (κ1) is 15.6. The van der Waals surface area contributed by atoms with Gasteiger partial charge in [-0.05, 0) is 43.6 Å².